The number of fused-ring (bicyclic) bond motifs is 1. The van der Waals surface area contributed by atoms with E-state index in [1.54, 1.807) is 0 Å². The van der Waals surface area contributed by atoms with Gasteiger partial charge < -0.3 is 5.73 Å². The Bertz CT molecular complexity index is 1060. The van der Waals surface area contributed by atoms with Gasteiger partial charge in [-0.15, -0.1) is 0 Å². The molecule has 2 unspecified atom stereocenters. The van der Waals surface area contributed by atoms with Crippen molar-refractivity contribution in [3.8, 4) is 0 Å². The van der Waals surface area contributed by atoms with E-state index in [2.05, 4.69) is 89.4 Å². The van der Waals surface area contributed by atoms with Crippen molar-refractivity contribution in [1.82, 2.24) is 14.8 Å². The Morgan fingerprint density at radius 2 is 1.38 bits per heavy atom. The minimum atomic E-state index is 0.354. The van der Waals surface area contributed by atoms with Gasteiger partial charge in [-0.2, -0.15) is 5.10 Å². The summed E-state index contributed by atoms with van der Waals surface area (Å²) in [6, 6.07) is 8.84. The first-order valence-electron chi connectivity index (χ1n) is 15.0. The lowest BCUT2D eigenvalue weighted by Crippen LogP contribution is -2.25. The number of nitrogens with zero attached hydrogens (tertiary/aromatic N) is 3. The van der Waals surface area contributed by atoms with Gasteiger partial charge in [-0.1, -0.05) is 80.5 Å². The summed E-state index contributed by atoms with van der Waals surface area (Å²) in [5.74, 6) is 1.45. The minimum Gasteiger partial charge on any atom is -0.328 e. The molecule has 0 spiro atoms. The van der Waals surface area contributed by atoms with Gasteiger partial charge in [0.1, 0.15) is 0 Å². The van der Waals surface area contributed by atoms with Crippen LogP contribution in [0.1, 0.15) is 116 Å². The number of aryl methyl sites for hydroxylation is 6. The Hall–Kier alpha value is -2.46. The van der Waals surface area contributed by atoms with Crippen LogP contribution in [-0.4, -0.2) is 20.8 Å². The first kappa shape index (κ1) is 41.0. The molecule has 0 saturated heterocycles. The van der Waals surface area contributed by atoms with Crippen molar-refractivity contribution in [2.24, 2.45) is 24.6 Å². The molecule has 3 rings (SSSR count). The van der Waals surface area contributed by atoms with Crippen LogP contribution in [0.4, 0.5) is 0 Å². The average molecular weight is 541 g/mol. The second kappa shape index (κ2) is 22.4. The molecular formula is C35H64N4. The first-order chi connectivity index (χ1) is 18.2. The Morgan fingerprint density at radius 3 is 1.79 bits per heavy atom. The number of nitrogens with two attached hydrogens (primary N) is 1. The van der Waals surface area contributed by atoms with Gasteiger partial charge in [0.15, 0.2) is 0 Å². The van der Waals surface area contributed by atoms with Crippen molar-refractivity contribution in [1.29, 1.82) is 0 Å². The van der Waals surface area contributed by atoms with Gasteiger partial charge in [0.25, 0.3) is 0 Å². The van der Waals surface area contributed by atoms with E-state index >= 15 is 0 Å². The van der Waals surface area contributed by atoms with Gasteiger partial charge in [-0.25, -0.2) is 0 Å². The highest BCUT2D eigenvalue weighted by Gasteiger charge is 2.08. The number of hydrogen-bond acceptors (Lipinski definition) is 3. The molecule has 0 fully saturated rings. The van der Waals surface area contributed by atoms with E-state index in [0.717, 1.165) is 28.4 Å². The van der Waals surface area contributed by atoms with Crippen molar-refractivity contribution in [3.05, 3.63) is 64.6 Å². The summed E-state index contributed by atoms with van der Waals surface area (Å²) in [6.45, 7) is 37.0. The summed E-state index contributed by atoms with van der Waals surface area (Å²) in [5, 5.41) is 5.63. The number of hydrogen-bond donors (Lipinski definition) is 1. The molecule has 4 heteroatoms. The van der Waals surface area contributed by atoms with Crippen LogP contribution in [0.5, 0.6) is 0 Å². The van der Waals surface area contributed by atoms with Crippen LogP contribution in [0.3, 0.4) is 0 Å². The molecule has 0 aliphatic rings. The summed E-state index contributed by atoms with van der Waals surface area (Å²) in [4.78, 5) is 4.43. The Kier molecular flexibility index (Phi) is 23.5. The van der Waals surface area contributed by atoms with Gasteiger partial charge in [-0.3, -0.25) is 9.67 Å². The molecule has 2 N–H and O–H groups in total. The van der Waals surface area contributed by atoms with Crippen LogP contribution in [0.25, 0.3) is 16.5 Å². The Labute approximate surface area is 243 Å². The minimum absolute atomic E-state index is 0.354. The fraction of sp³-hybridized carbons (Fsp3) is 0.600. The maximum absolute atomic E-state index is 5.68. The number of aromatic nitrogens is 3. The number of rotatable bonds is 4. The monoisotopic (exact) mass is 541 g/mol. The quantitative estimate of drug-likeness (QED) is 0.358. The van der Waals surface area contributed by atoms with Gasteiger partial charge in [0.2, 0.25) is 0 Å². The zero-order valence-electron chi connectivity index (χ0n) is 28.9. The van der Waals surface area contributed by atoms with Crippen LogP contribution >= 0.6 is 0 Å². The molecule has 39 heavy (non-hydrogen) atoms. The number of allylic oxidation sites excluding steroid dienone is 1. The van der Waals surface area contributed by atoms with E-state index in [1.165, 1.54) is 34.2 Å². The third kappa shape index (κ3) is 15.7. The van der Waals surface area contributed by atoms with Crippen LogP contribution in [0.15, 0.2) is 30.8 Å². The van der Waals surface area contributed by atoms with Gasteiger partial charge in [0, 0.05) is 35.6 Å². The van der Waals surface area contributed by atoms with Gasteiger partial charge >= 0.3 is 0 Å². The SMILES string of the molecule is C=C(C)c1cc(C)c(C)nc1C.CC.CC.CC.CC(C)CC(C)C(C)N.Cc1ccc2nn(C)c(C)c2c1. The normalized spacial score (nSPS) is 11.1. The summed E-state index contributed by atoms with van der Waals surface area (Å²) in [5.41, 5.74) is 15.0. The van der Waals surface area contributed by atoms with Crippen LogP contribution < -0.4 is 5.73 Å². The molecule has 0 aliphatic heterocycles. The van der Waals surface area contributed by atoms with E-state index in [0.29, 0.717) is 12.0 Å². The van der Waals surface area contributed by atoms with E-state index in [4.69, 9.17) is 5.73 Å². The topological polar surface area (TPSA) is 56.7 Å². The fourth-order valence-corrected chi connectivity index (χ4v) is 3.65. The summed E-state index contributed by atoms with van der Waals surface area (Å²) in [6.07, 6.45) is 1.25. The number of pyridine rings is 1. The van der Waals surface area contributed by atoms with E-state index in [-0.39, 0.29) is 0 Å². The highest BCUT2D eigenvalue weighted by molar-refractivity contribution is 5.81. The molecule has 2 heterocycles. The van der Waals surface area contributed by atoms with Crippen molar-refractivity contribution in [2.45, 2.75) is 123 Å². The Balaban J connectivity index is -0.000000459. The summed E-state index contributed by atoms with van der Waals surface area (Å²) < 4.78 is 1.92. The lowest BCUT2D eigenvalue weighted by atomic mass is 9.94. The second-order valence-electron chi connectivity index (χ2n) is 10.00. The van der Waals surface area contributed by atoms with Crippen molar-refractivity contribution in [2.75, 3.05) is 0 Å². The third-order valence-corrected chi connectivity index (χ3v) is 6.14. The standard InChI is InChI=1S/C11H15N.C10H12N2.C8H19N.3C2H6/c1-7(2)11-6-8(3)9(4)12-10(11)5;1-7-4-5-10-9(6-7)8(2)12(3)11-10;1-6(2)5-7(3)8(4)9;3*1-2/h6H,1H2,2-5H3;4-6H,1-3H3;6-8H,5,9H2,1-4H3;3*1-2H3. The number of benzene rings is 1. The fourth-order valence-electron chi connectivity index (χ4n) is 3.65. The van der Waals surface area contributed by atoms with Crippen LogP contribution in [0.2, 0.25) is 0 Å². The molecule has 3 aromatic rings. The molecule has 0 saturated carbocycles. The Morgan fingerprint density at radius 1 is 0.872 bits per heavy atom. The summed E-state index contributed by atoms with van der Waals surface area (Å²) >= 11 is 0. The second-order valence-corrected chi connectivity index (χ2v) is 10.00. The zero-order valence-corrected chi connectivity index (χ0v) is 28.9. The molecular weight excluding hydrogens is 476 g/mol. The maximum Gasteiger partial charge on any atom is 0.0926 e. The molecule has 2 atom stereocenters. The van der Waals surface area contributed by atoms with E-state index in [1.807, 2.05) is 74.0 Å². The molecule has 4 nitrogen and oxygen atoms in total. The van der Waals surface area contributed by atoms with Gasteiger partial charge in [-0.05, 0) is 102 Å². The first-order valence-corrected chi connectivity index (χ1v) is 15.0. The predicted molar refractivity (Wildman–Crippen MR) is 180 cm³/mol. The molecule has 0 amide bonds. The lowest BCUT2D eigenvalue weighted by molar-refractivity contribution is 0.388. The molecule has 2 aromatic heterocycles. The molecule has 0 aliphatic carbocycles. The molecule has 224 valence electrons. The van der Waals surface area contributed by atoms with Crippen LogP contribution in [-0.2, 0) is 7.05 Å². The maximum atomic E-state index is 5.68. The summed E-state index contributed by atoms with van der Waals surface area (Å²) in [7, 11) is 1.98. The lowest BCUT2D eigenvalue weighted by Gasteiger charge is -2.16. The molecule has 0 radical (unpaired) electrons. The van der Waals surface area contributed by atoms with E-state index in [9.17, 15) is 0 Å². The highest BCUT2D eigenvalue weighted by Crippen LogP contribution is 2.19. The van der Waals surface area contributed by atoms with Crippen molar-refractivity contribution >= 4 is 16.5 Å². The van der Waals surface area contributed by atoms with E-state index < -0.39 is 0 Å². The van der Waals surface area contributed by atoms with Crippen molar-refractivity contribution < 1.29 is 0 Å². The third-order valence-electron chi connectivity index (χ3n) is 6.14. The van der Waals surface area contributed by atoms with Gasteiger partial charge in [0.05, 0.1) is 5.52 Å². The zero-order chi connectivity index (χ0) is 31.5. The van der Waals surface area contributed by atoms with Crippen LogP contribution in [0, 0.1) is 46.5 Å². The van der Waals surface area contributed by atoms with Crippen molar-refractivity contribution in [3.63, 3.8) is 0 Å². The molecule has 1 aromatic carbocycles. The molecule has 0 bridgehead atoms. The predicted octanol–water partition coefficient (Wildman–Crippen LogP) is 10.3. The smallest absolute Gasteiger partial charge is 0.0926 e. The highest BCUT2D eigenvalue weighted by atomic mass is 15.3. The largest absolute Gasteiger partial charge is 0.328 e. The average Bonchev–Trinajstić information content (AvgIpc) is 3.18.